The maximum Gasteiger partial charge on any atom is 0.160 e. The van der Waals surface area contributed by atoms with E-state index in [0.717, 1.165) is 39.2 Å². The van der Waals surface area contributed by atoms with Gasteiger partial charge < -0.3 is 4.57 Å². The second kappa shape index (κ2) is 11.1. The van der Waals surface area contributed by atoms with Crippen LogP contribution >= 0.6 is 11.3 Å². The zero-order valence-corrected chi connectivity index (χ0v) is 29.8. The van der Waals surface area contributed by atoms with E-state index >= 15 is 0 Å². The first-order chi connectivity index (χ1) is 24.9. The smallest absolute Gasteiger partial charge is 0.160 e. The summed E-state index contributed by atoms with van der Waals surface area (Å²) in [5.74, 6) is 0.735. The summed E-state index contributed by atoms with van der Waals surface area (Å²) in [5, 5.41) is 6.09. The van der Waals surface area contributed by atoms with Crippen LogP contribution in [-0.2, 0) is 5.41 Å². The van der Waals surface area contributed by atoms with E-state index in [1.54, 1.807) is 0 Å². The highest BCUT2D eigenvalue weighted by Gasteiger charge is 2.36. The molecule has 0 saturated carbocycles. The molecule has 4 heteroatoms. The first-order valence-corrected chi connectivity index (χ1v) is 18.4. The van der Waals surface area contributed by atoms with Gasteiger partial charge in [-0.25, -0.2) is 9.97 Å². The van der Waals surface area contributed by atoms with Gasteiger partial charge in [0.15, 0.2) is 5.82 Å². The molecule has 6 aromatic carbocycles. The first-order valence-electron chi connectivity index (χ1n) is 17.6. The van der Waals surface area contributed by atoms with E-state index in [0.29, 0.717) is 0 Å². The van der Waals surface area contributed by atoms with Crippen molar-refractivity contribution in [3.63, 3.8) is 0 Å². The molecule has 3 heterocycles. The molecule has 3 aromatic heterocycles. The number of rotatable bonds is 4. The molecule has 0 radical (unpaired) electrons. The van der Waals surface area contributed by atoms with E-state index < -0.39 is 0 Å². The normalized spacial score (nSPS) is 14.3. The minimum Gasteiger partial charge on any atom is -0.309 e. The number of benzene rings is 6. The molecular formula is C47H35N3S. The SMILES string of the molecule is C/C=C\C1=C(C)c2cc3c4ccccc4n(-c4cc(-c5nc(-c6ccccc6)nc6ccccc56)c5sc6ccccc6c5c4)c3cc2C1(C)C. The van der Waals surface area contributed by atoms with Gasteiger partial charge in [-0.1, -0.05) is 111 Å². The summed E-state index contributed by atoms with van der Waals surface area (Å²) in [7, 11) is 0. The zero-order chi connectivity index (χ0) is 34.4. The second-order valence-corrected chi connectivity index (χ2v) is 15.2. The largest absolute Gasteiger partial charge is 0.309 e. The summed E-state index contributed by atoms with van der Waals surface area (Å²) >= 11 is 1.85. The molecule has 9 aromatic rings. The zero-order valence-electron chi connectivity index (χ0n) is 29.0. The molecule has 0 amide bonds. The minimum absolute atomic E-state index is 0.103. The molecule has 1 aliphatic rings. The number of para-hydroxylation sites is 2. The van der Waals surface area contributed by atoms with Gasteiger partial charge in [0.1, 0.15) is 0 Å². The van der Waals surface area contributed by atoms with Crippen molar-refractivity contribution in [2.24, 2.45) is 0 Å². The van der Waals surface area contributed by atoms with Gasteiger partial charge in [-0.2, -0.15) is 0 Å². The fraction of sp³-hybridized carbons (Fsp3) is 0.106. The second-order valence-electron chi connectivity index (χ2n) is 14.2. The fourth-order valence-electron chi connectivity index (χ4n) is 8.49. The molecule has 51 heavy (non-hydrogen) atoms. The highest BCUT2D eigenvalue weighted by Crippen LogP contribution is 2.50. The van der Waals surface area contributed by atoms with Crippen LogP contribution in [-0.4, -0.2) is 14.5 Å². The van der Waals surface area contributed by atoms with Crippen LogP contribution < -0.4 is 0 Å². The van der Waals surface area contributed by atoms with Crippen molar-refractivity contribution in [3.8, 4) is 28.3 Å². The molecule has 3 nitrogen and oxygen atoms in total. The number of aromatic nitrogens is 3. The summed E-state index contributed by atoms with van der Waals surface area (Å²) in [6.07, 6.45) is 4.47. The van der Waals surface area contributed by atoms with Gasteiger partial charge in [-0.15, -0.1) is 11.3 Å². The molecule has 0 unspecified atom stereocenters. The molecule has 0 bridgehead atoms. The van der Waals surface area contributed by atoms with Crippen molar-refractivity contribution in [1.82, 2.24) is 14.5 Å². The van der Waals surface area contributed by atoms with E-state index in [-0.39, 0.29) is 5.41 Å². The summed E-state index contributed by atoms with van der Waals surface area (Å²) < 4.78 is 5.00. The number of fused-ring (bicyclic) bond motifs is 8. The van der Waals surface area contributed by atoms with E-state index in [2.05, 4.69) is 166 Å². The van der Waals surface area contributed by atoms with Gasteiger partial charge in [0.25, 0.3) is 0 Å². The topological polar surface area (TPSA) is 30.7 Å². The number of hydrogen-bond donors (Lipinski definition) is 0. The van der Waals surface area contributed by atoms with Gasteiger partial charge in [0.2, 0.25) is 0 Å². The highest BCUT2D eigenvalue weighted by molar-refractivity contribution is 7.26. The minimum atomic E-state index is -0.103. The molecule has 244 valence electrons. The van der Waals surface area contributed by atoms with Gasteiger partial charge in [-0.3, -0.25) is 0 Å². The molecule has 0 aliphatic heterocycles. The van der Waals surface area contributed by atoms with Crippen LogP contribution in [0, 0.1) is 0 Å². The standard InChI is InChI=1S/C47H35N3S/c1-5-15-38-28(2)34-26-35-31-18-10-13-22-41(31)50(42(35)27-39(34)47(38,3)4)30-24-36-32-19-11-14-23-43(32)51-45(36)37(25-30)44-33-20-9-12-21-40(33)48-46(49-44)29-16-7-6-8-17-29/h5-27H,1-4H3/b15-5-. The molecule has 0 N–H and O–H groups in total. The van der Waals surface area contributed by atoms with Crippen molar-refractivity contribution in [1.29, 1.82) is 0 Å². The number of thiophene rings is 1. The van der Waals surface area contributed by atoms with E-state index in [9.17, 15) is 0 Å². The summed E-state index contributed by atoms with van der Waals surface area (Å²) in [6.45, 7) is 9.12. The molecule has 1 aliphatic carbocycles. The Morgan fingerprint density at radius 1 is 0.647 bits per heavy atom. The number of nitrogens with zero attached hydrogens (tertiary/aromatic N) is 3. The predicted molar refractivity (Wildman–Crippen MR) is 218 cm³/mol. The van der Waals surface area contributed by atoms with Crippen molar-refractivity contribution in [2.45, 2.75) is 33.1 Å². The Labute approximate surface area is 300 Å². The van der Waals surface area contributed by atoms with Crippen LogP contribution in [0.5, 0.6) is 0 Å². The van der Waals surface area contributed by atoms with Gasteiger partial charge in [0.05, 0.1) is 22.2 Å². The Morgan fingerprint density at radius 3 is 2.20 bits per heavy atom. The van der Waals surface area contributed by atoms with Crippen LogP contribution in [0.1, 0.15) is 38.8 Å². The van der Waals surface area contributed by atoms with Gasteiger partial charge in [0, 0.05) is 58.6 Å². The van der Waals surface area contributed by atoms with Crippen molar-refractivity contribution in [3.05, 3.63) is 156 Å². The third-order valence-electron chi connectivity index (χ3n) is 10.9. The van der Waals surface area contributed by atoms with Gasteiger partial charge in [-0.05, 0) is 78.6 Å². The summed E-state index contributed by atoms with van der Waals surface area (Å²) in [5.41, 5.74) is 13.0. The Hall–Kier alpha value is -5.84. The predicted octanol–water partition coefficient (Wildman–Crippen LogP) is 13.1. The average molecular weight is 674 g/mol. The Kier molecular flexibility index (Phi) is 6.52. The fourth-order valence-corrected chi connectivity index (χ4v) is 9.69. The Morgan fingerprint density at radius 2 is 1.37 bits per heavy atom. The lowest BCUT2D eigenvalue weighted by atomic mass is 9.80. The lowest BCUT2D eigenvalue weighted by Gasteiger charge is -2.23. The lowest BCUT2D eigenvalue weighted by Crippen LogP contribution is -2.16. The first kappa shape index (κ1) is 30.0. The van der Waals surface area contributed by atoms with E-state index in [1.807, 2.05) is 17.4 Å². The van der Waals surface area contributed by atoms with E-state index in [1.165, 1.54) is 64.3 Å². The third kappa shape index (κ3) is 4.36. The summed E-state index contributed by atoms with van der Waals surface area (Å²) in [4.78, 5) is 10.4. The van der Waals surface area contributed by atoms with Crippen LogP contribution in [0.3, 0.4) is 0 Å². The molecular weight excluding hydrogens is 639 g/mol. The molecule has 10 rings (SSSR count). The van der Waals surface area contributed by atoms with Crippen molar-refractivity contribution >= 4 is 69.8 Å². The molecule has 0 spiro atoms. The number of hydrogen-bond acceptors (Lipinski definition) is 3. The van der Waals surface area contributed by atoms with Crippen LogP contribution in [0.4, 0.5) is 0 Å². The molecule has 0 atom stereocenters. The lowest BCUT2D eigenvalue weighted by molar-refractivity contribution is 0.654. The highest BCUT2D eigenvalue weighted by atomic mass is 32.1. The Balaban J connectivity index is 1.33. The van der Waals surface area contributed by atoms with Gasteiger partial charge >= 0.3 is 0 Å². The van der Waals surface area contributed by atoms with Crippen LogP contribution in [0.2, 0.25) is 0 Å². The maximum absolute atomic E-state index is 5.38. The molecule has 0 saturated heterocycles. The average Bonchev–Trinajstić information content (AvgIpc) is 3.76. The van der Waals surface area contributed by atoms with Crippen LogP contribution in [0.15, 0.2) is 145 Å². The van der Waals surface area contributed by atoms with Crippen molar-refractivity contribution in [2.75, 3.05) is 0 Å². The maximum atomic E-state index is 5.38. The monoisotopic (exact) mass is 673 g/mol. The number of allylic oxidation sites excluding steroid dienone is 4. The summed E-state index contributed by atoms with van der Waals surface area (Å²) in [6, 6.07) is 46.1. The third-order valence-corrected chi connectivity index (χ3v) is 12.1. The van der Waals surface area contributed by atoms with Crippen molar-refractivity contribution < 1.29 is 0 Å². The van der Waals surface area contributed by atoms with Crippen LogP contribution in [0.25, 0.3) is 86.8 Å². The quantitative estimate of drug-likeness (QED) is 0.186. The van der Waals surface area contributed by atoms with E-state index in [4.69, 9.17) is 9.97 Å². The molecule has 0 fully saturated rings. The Bertz CT molecular complexity index is 2960.